The zero-order valence-corrected chi connectivity index (χ0v) is 17.1. The third kappa shape index (κ3) is 4.00. The molecule has 30 heavy (non-hydrogen) atoms. The van der Waals surface area contributed by atoms with E-state index >= 15 is 0 Å². The summed E-state index contributed by atoms with van der Waals surface area (Å²) in [5.41, 5.74) is 6.45. The molecule has 4 heteroatoms. The van der Waals surface area contributed by atoms with Crippen molar-refractivity contribution >= 4 is 22.9 Å². The van der Waals surface area contributed by atoms with Crippen LogP contribution < -0.4 is 5.43 Å². The molecule has 3 aromatic rings. The first kappa shape index (κ1) is 19.0. The lowest BCUT2D eigenvalue weighted by Crippen LogP contribution is -2.20. The standard InChI is InChI=1S/C26H27N3O/c30-26(29-28-17-22-8-4-7-21-16-27-14-13-23(21)22)25-15-24(25)20-11-9-19(10-12-20)18-5-2-1-3-6-18/h4,7-14,16-18,24-25H,1-3,5-6,15H2,(H,29,30)/b28-17+. The second kappa shape index (κ2) is 8.39. The molecule has 1 N–H and O–H groups in total. The molecule has 5 rings (SSSR count). The van der Waals surface area contributed by atoms with E-state index in [0.29, 0.717) is 5.92 Å². The highest BCUT2D eigenvalue weighted by Crippen LogP contribution is 2.48. The Labute approximate surface area is 177 Å². The number of hydrogen-bond donors (Lipinski definition) is 1. The summed E-state index contributed by atoms with van der Waals surface area (Å²) in [4.78, 5) is 16.7. The molecule has 2 aliphatic carbocycles. The molecule has 2 aromatic carbocycles. The second-order valence-electron chi connectivity index (χ2n) is 8.63. The highest BCUT2D eigenvalue weighted by Gasteiger charge is 2.43. The van der Waals surface area contributed by atoms with Gasteiger partial charge in [0.25, 0.3) is 0 Å². The number of nitrogens with zero attached hydrogens (tertiary/aromatic N) is 2. The fraction of sp³-hybridized carbons (Fsp3) is 0.346. The molecular weight excluding hydrogens is 370 g/mol. The third-order valence-electron chi connectivity index (χ3n) is 6.66. The average Bonchev–Trinajstić information content (AvgIpc) is 3.61. The van der Waals surface area contributed by atoms with E-state index in [1.165, 1.54) is 43.2 Å². The van der Waals surface area contributed by atoms with Crippen LogP contribution in [-0.2, 0) is 4.79 Å². The summed E-state index contributed by atoms with van der Waals surface area (Å²) < 4.78 is 0. The van der Waals surface area contributed by atoms with Crippen molar-refractivity contribution in [3.8, 4) is 0 Å². The summed E-state index contributed by atoms with van der Waals surface area (Å²) in [5, 5.41) is 6.35. The molecule has 2 saturated carbocycles. The predicted octanol–water partition coefficient (Wildman–Crippen LogP) is 5.54. The maximum atomic E-state index is 12.5. The first-order valence-corrected chi connectivity index (χ1v) is 11.0. The second-order valence-corrected chi connectivity index (χ2v) is 8.63. The van der Waals surface area contributed by atoms with Crippen LogP contribution in [0.25, 0.3) is 10.8 Å². The van der Waals surface area contributed by atoms with Gasteiger partial charge in [-0.1, -0.05) is 61.7 Å². The van der Waals surface area contributed by atoms with E-state index in [9.17, 15) is 4.79 Å². The molecule has 2 fully saturated rings. The smallest absolute Gasteiger partial charge is 0.243 e. The van der Waals surface area contributed by atoms with Crippen LogP contribution in [0.1, 0.15) is 67.1 Å². The number of carbonyl (C=O) groups is 1. The van der Waals surface area contributed by atoms with E-state index in [1.54, 1.807) is 12.4 Å². The van der Waals surface area contributed by atoms with Gasteiger partial charge in [0, 0.05) is 29.3 Å². The van der Waals surface area contributed by atoms with Crippen molar-refractivity contribution in [1.29, 1.82) is 0 Å². The molecule has 1 amide bonds. The molecule has 2 aliphatic rings. The van der Waals surface area contributed by atoms with Gasteiger partial charge in [-0.25, -0.2) is 5.43 Å². The van der Waals surface area contributed by atoms with Gasteiger partial charge in [0.15, 0.2) is 0 Å². The summed E-state index contributed by atoms with van der Waals surface area (Å²) in [6.07, 6.45) is 13.0. The van der Waals surface area contributed by atoms with Gasteiger partial charge in [-0.05, 0) is 53.7 Å². The monoisotopic (exact) mass is 397 g/mol. The Morgan fingerprint density at radius 1 is 1.00 bits per heavy atom. The maximum Gasteiger partial charge on any atom is 0.243 e. The number of carbonyl (C=O) groups excluding carboxylic acids is 1. The Hall–Kier alpha value is -3.01. The molecule has 0 saturated heterocycles. The van der Waals surface area contributed by atoms with Gasteiger partial charge in [-0.3, -0.25) is 9.78 Å². The van der Waals surface area contributed by atoms with Crippen LogP contribution in [0.15, 0.2) is 66.0 Å². The van der Waals surface area contributed by atoms with Crippen LogP contribution in [-0.4, -0.2) is 17.1 Å². The average molecular weight is 398 g/mol. The van der Waals surface area contributed by atoms with Gasteiger partial charge in [0.1, 0.15) is 0 Å². The normalized spacial score (nSPS) is 21.7. The summed E-state index contributed by atoms with van der Waals surface area (Å²) >= 11 is 0. The van der Waals surface area contributed by atoms with Crippen LogP contribution in [0.3, 0.4) is 0 Å². The molecular formula is C26H27N3O. The van der Waals surface area contributed by atoms with Crippen molar-refractivity contribution in [1.82, 2.24) is 10.4 Å². The van der Waals surface area contributed by atoms with Crippen LogP contribution in [0, 0.1) is 5.92 Å². The highest BCUT2D eigenvalue weighted by molar-refractivity contribution is 5.99. The Kier molecular flexibility index (Phi) is 5.31. The van der Waals surface area contributed by atoms with Crippen LogP contribution in [0.5, 0.6) is 0 Å². The SMILES string of the molecule is O=C(N/N=C/c1cccc2cnccc12)C1CC1c1ccc(C2CCCCC2)cc1. The first-order chi connectivity index (χ1) is 14.8. The molecule has 0 radical (unpaired) electrons. The number of fused-ring (bicyclic) bond motifs is 1. The largest absolute Gasteiger partial charge is 0.273 e. The Bertz CT molecular complexity index is 1060. The van der Waals surface area contributed by atoms with Crippen molar-refractivity contribution < 1.29 is 4.79 Å². The summed E-state index contributed by atoms with van der Waals surface area (Å²) in [7, 11) is 0. The molecule has 0 bridgehead atoms. The number of aromatic nitrogens is 1. The quantitative estimate of drug-likeness (QED) is 0.454. The number of amides is 1. The molecule has 1 aromatic heterocycles. The minimum atomic E-state index is 0.00881. The Morgan fingerprint density at radius 2 is 1.80 bits per heavy atom. The molecule has 4 nitrogen and oxygen atoms in total. The van der Waals surface area contributed by atoms with Gasteiger partial charge in [-0.15, -0.1) is 0 Å². The van der Waals surface area contributed by atoms with E-state index in [4.69, 9.17) is 0 Å². The highest BCUT2D eigenvalue weighted by atomic mass is 16.2. The summed E-state index contributed by atoms with van der Waals surface area (Å²) in [6, 6.07) is 17.0. The molecule has 0 aliphatic heterocycles. The zero-order valence-electron chi connectivity index (χ0n) is 17.1. The number of benzene rings is 2. The molecule has 2 unspecified atom stereocenters. The number of rotatable bonds is 5. The number of hydrogen-bond acceptors (Lipinski definition) is 3. The van der Waals surface area contributed by atoms with Gasteiger partial charge < -0.3 is 0 Å². The Morgan fingerprint density at radius 3 is 2.63 bits per heavy atom. The topological polar surface area (TPSA) is 54.4 Å². The minimum absolute atomic E-state index is 0.00881. The van der Waals surface area contributed by atoms with Crippen molar-refractivity contribution in [2.24, 2.45) is 11.0 Å². The van der Waals surface area contributed by atoms with E-state index in [-0.39, 0.29) is 11.8 Å². The fourth-order valence-electron chi connectivity index (χ4n) is 4.81. The molecule has 1 heterocycles. The number of pyridine rings is 1. The number of nitrogens with one attached hydrogen (secondary N) is 1. The lowest BCUT2D eigenvalue weighted by atomic mass is 9.84. The fourth-order valence-corrected chi connectivity index (χ4v) is 4.81. The van der Waals surface area contributed by atoms with E-state index < -0.39 is 0 Å². The van der Waals surface area contributed by atoms with E-state index in [1.807, 2.05) is 30.5 Å². The van der Waals surface area contributed by atoms with Crippen molar-refractivity contribution in [2.75, 3.05) is 0 Å². The van der Waals surface area contributed by atoms with Crippen LogP contribution >= 0.6 is 0 Å². The van der Waals surface area contributed by atoms with Crippen molar-refractivity contribution in [3.63, 3.8) is 0 Å². The predicted molar refractivity (Wildman–Crippen MR) is 121 cm³/mol. The third-order valence-corrected chi connectivity index (χ3v) is 6.66. The number of hydrazone groups is 1. The molecule has 0 spiro atoms. The van der Waals surface area contributed by atoms with Crippen LogP contribution in [0.4, 0.5) is 0 Å². The summed E-state index contributed by atoms with van der Waals surface area (Å²) in [5.74, 6) is 1.09. The Balaban J connectivity index is 1.18. The zero-order chi connectivity index (χ0) is 20.3. The van der Waals surface area contributed by atoms with Gasteiger partial charge >= 0.3 is 0 Å². The maximum absolute atomic E-state index is 12.5. The van der Waals surface area contributed by atoms with E-state index in [2.05, 4.69) is 39.8 Å². The lowest BCUT2D eigenvalue weighted by molar-refractivity contribution is -0.122. The molecule has 152 valence electrons. The van der Waals surface area contributed by atoms with Crippen LogP contribution in [0.2, 0.25) is 0 Å². The van der Waals surface area contributed by atoms with Gasteiger partial charge in [0.2, 0.25) is 5.91 Å². The van der Waals surface area contributed by atoms with Gasteiger partial charge in [-0.2, -0.15) is 5.10 Å². The van der Waals surface area contributed by atoms with Crippen molar-refractivity contribution in [2.45, 2.75) is 50.4 Å². The van der Waals surface area contributed by atoms with Gasteiger partial charge in [0.05, 0.1) is 6.21 Å². The van der Waals surface area contributed by atoms with E-state index in [0.717, 1.165) is 28.7 Å². The summed E-state index contributed by atoms with van der Waals surface area (Å²) in [6.45, 7) is 0. The van der Waals surface area contributed by atoms with Crippen molar-refractivity contribution in [3.05, 3.63) is 77.6 Å². The minimum Gasteiger partial charge on any atom is -0.273 e. The first-order valence-electron chi connectivity index (χ1n) is 11.0. The lowest BCUT2D eigenvalue weighted by Gasteiger charge is -2.22. The molecule has 2 atom stereocenters.